The average molecular weight is 507 g/mol. The Morgan fingerprint density at radius 1 is 0.500 bits per heavy atom. The molecule has 2 nitrogen and oxygen atoms in total. The Labute approximate surface area is 227 Å². The summed E-state index contributed by atoms with van der Waals surface area (Å²) in [7, 11) is 0. The highest BCUT2D eigenvalue weighted by Gasteiger charge is 2.44. The number of allylic oxidation sites excluding steroid dienone is 2. The molecular formula is C35H26N2S. The number of fused-ring (bicyclic) bond motifs is 2. The number of benzene rings is 5. The molecule has 0 bridgehead atoms. The number of rotatable bonds is 6. The van der Waals surface area contributed by atoms with Gasteiger partial charge in [-0.25, -0.2) is 0 Å². The molecule has 2 N–H and O–H groups in total. The molecule has 182 valence electrons. The Morgan fingerprint density at radius 3 is 1.63 bits per heavy atom. The third-order valence-corrected chi connectivity index (χ3v) is 8.27. The summed E-state index contributed by atoms with van der Waals surface area (Å²) in [6.45, 7) is 0. The predicted octanol–water partition coefficient (Wildman–Crippen LogP) is 8.53. The van der Waals surface area contributed by atoms with Crippen LogP contribution in [0.1, 0.15) is 33.4 Å². The Bertz CT molecular complexity index is 1620. The van der Waals surface area contributed by atoms with E-state index >= 15 is 0 Å². The van der Waals surface area contributed by atoms with Gasteiger partial charge in [0.2, 0.25) is 0 Å². The van der Waals surface area contributed by atoms with Gasteiger partial charge in [0.25, 0.3) is 0 Å². The lowest BCUT2D eigenvalue weighted by Gasteiger charge is -2.42. The molecule has 1 heterocycles. The van der Waals surface area contributed by atoms with Crippen molar-refractivity contribution in [2.24, 2.45) is 0 Å². The van der Waals surface area contributed by atoms with Crippen LogP contribution in [-0.2, 0) is 5.41 Å². The van der Waals surface area contributed by atoms with E-state index in [0.717, 1.165) is 11.1 Å². The van der Waals surface area contributed by atoms with Crippen LogP contribution in [0.15, 0.2) is 155 Å². The second kappa shape index (κ2) is 10.1. The summed E-state index contributed by atoms with van der Waals surface area (Å²) in [5.41, 5.74) is 6.74. The lowest BCUT2D eigenvalue weighted by atomic mass is 9.64. The monoisotopic (exact) mass is 506 g/mol. The van der Waals surface area contributed by atoms with E-state index in [2.05, 4.69) is 97.1 Å². The molecule has 0 aliphatic carbocycles. The molecule has 0 fully saturated rings. The van der Waals surface area contributed by atoms with Crippen LogP contribution in [0.5, 0.6) is 0 Å². The first-order valence-electron chi connectivity index (χ1n) is 12.6. The van der Waals surface area contributed by atoms with E-state index in [1.807, 2.05) is 36.4 Å². The maximum absolute atomic E-state index is 8.90. The molecule has 0 radical (unpaired) electrons. The first-order chi connectivity index (χ1) is 18.7. The van der Waals surface area contributed by atoms with E-state index in [1.54, 1.807) is 23.9 Å². The van der Waals surface area contributed by atoms with Gasteiger partial charge in [-0.1, -0.05) is 127 Å². The molecule has 0 aromatic heterocycles. The molecule has 5 aromatic rings. The second-order valence-corrected chi connectivity index (χ2v) is 10.4. The summed E-state index contributed by atoms with van der Waals surface area (Å²) in [6.07, 6.45) is 3.44. The van der Waals surface area contributed by atoms with Crippen LogP contribution in [0.3, 0.4) is 0 Å². The van der Waals surface area contributed by atoms with Crippen LogP contribution in [-0.4, -0.2) is 11.4 Å². The molecule has 5 aromatic carbocycles. The zero-order valence-corrected chi connectivity index (χ0v) is 21.6. The second-order valence-electron chi connectivity index (χ2n) is 9.32. The number of hydrogen-bond acceptors (Lipinski definition) is 3. The van der Waals surface area contributed by atoms with Gasteiger partial charge in [-0.05, 0) is 63.7 Å². The van der Waals surface area contributed by atoms with Crippen LogP contribution in [0.2, 0.25) is 0 Å². The van der Waals surface area contributed by atoms with Crippen molar-refractivity contribution in [1.82, 2.24) is 0 Å². The van der Waals surface area contributed by atoms with Gasteiger partial charge in [0.1, 0.15) is 0 Å². The molecule has 0 saturated carbocycles. The highest BCUT2D eigenvalue weighted by atomic mass is 32.2. The van der Waals surface area contributed by atoms with Crippen LogP contribution in [0, 0.1) is 10.8 Å². The molecule has 0 spiro atoms. The van der Waals surface area contributed by atoms with E-state index in [9.17, 15) is 0 Å². The molecule has 1 aliphatic rings. The average Bonchev–Trinajstić information content (AvgIpc) is 2.99. The van der Waals surface area contributed by atoms with Gasteiger partial charge in [-0.2, -0.15) is 0 Å². The minimum absolute atomic E-state index is 0.382. The quantitative estimate of drug-likeness (QED) is 0.219. The van der Waals surface area contributed by atoms with Gasteiger partial charge >= 0.3 is 0 Å². The van der Waals surface area contributed by atoms with Crippen molar-refractivity contribution < 1.29 is 0 Å². The maximum atomic E-state index is 8.90. The fourth-order valence-corrected chi connectivity index (χ4v) is 6.52. The van der Waals surface area contributed by atoms with Crippen molar-refractivity contribution in [3.8, 4) is 0 Å². The largest absolute Gasteiger partial charge is 0.300 e. The molecule has 1 aliphatic heterocycles. The lowest BCUT2D eigenvalue weighted by molar-refractivity contribution is 0.702. The van der Waals surface area contributed by atoms with Crippen LogP contribution >= 0.6 is 11.8 Å². The molecule has 6 rings (SSSR count). The number of nitrogens with one attached hydrogen (secondary N) is 2. The minimum Gasteiger partial charge on any atom is -0.300 e. The molecule has 0 amide bonds. The van der Waals surface area contributed by atoms with Gasteiger partial charge in [0.05, 0.1) is 16.8 Å². The van der Waals surface area contributed by atoms with Crippen molar-refractivity contribution in [1.29, 1.82) is 10.8 Å². The molecule has 0 unspecified atom stereocenters. The number of hydrogen-bond donors (Lipinski definition) is 2. The third-order valence-electron chi connectivity index (χ3n) is 7.12. The Balaban J connectivity index is 1.52. The van der Waals surface area contributed by atoms with E-state index in [4.69, 9.17) is 10.8 Å². The first kappa shape index (κ1) is 23.9. The van der Waals surface area contributed by atoms with Crippen molar-refractivity contribution in [3.05, 3.63) is 179 Å². The first-order valence-corrected chi connectivity index (χ1v) is 13.4. The minimum atomic E-state index is -0.517. The molecule has 3 heteroatoms. The normalized spacial score (nSPS) is 13.5. The summed E-state index contributed by atoms with van der Waals surface area (Å²) in [5, 5.41) is 17.3. The Kier molecular flexibility index (Phi) is 6.36. The van der Waals surface area contributed by atoms with E-state index in [-0.39, 0.29) is 0 Å². The fourth-order valence-electron chi connectivity index (χ4n) is 5.35. The van der Waals surface area contributed by atoms with Crippen molar-refractivity contribution in [3.63, 3.8) is 0 Å². The van der Waals surface area contributed by atoms with Crippen molar-refractivity contribution in [2.45, 2.75) is 15.2 Å². The summed E-state index contributed by atoms with van der Waals surface area (Å²) in [4.78, 5) is 2.43. The predicted molar refractivity (Wildman–Crippen MR) is 158 cm³/mol. The summed E-state index contributed by atoms with van der Waals surface area (Å²) < 4.78 is 0. The third kappa shape index (κ3) is 4.11. The fraction of sp³-hybridized carbons (Fsp3) is 0.0286. The van der Waals surface area contributed by atoms with Gasteiger partial charge in [0.15, 0.2) is 0 Å². The van der Waals surface area contributed by atoms with E-state index < -0.39 is 5.41 Å². The maximum Gasteiger partial charge on any atom is 0.0723 e. The molecule has 0 atom stereocenters. The van der Waals surface area contributed by atoms with Gasteiger partial charge in [-0.15, -0.1) is 0 Å². The van der Waals surface area contributed by atoms with Crippen LogP contribution in [0.25, 0.3) is 0 Å². The van der Waals surface area contributed by atoms with Crippen molar-refractivity contribution in [2.75, 3.05) is 0 Å². The zero-order valence-electron chi connectivity index (χ0n) is 20.8. The van der Waals surface area contributed by atoms with Gasteiger partial charge in [-0.3, -0.25) is 0 Å². The van der Waals surface area contributed by atoms with E-state index in [0.29, 0.717) is 11.4 Å². The van der Waals surface area contributed by atoms with Crippen LogP contribution < -0.4 is 0 Å². The Morgan fingerprint density at radius 2 is 1.00 bits per heavy atom. The standard InChI is InChI=1S/C35H26N2S/c36-31(25-12-4-1-5-13-25)21-22-32(37)26-20-23-34-30(24-26)35(27-14-6-2-7-15-27,28-16-8-3-9-17-28)29-18-10-11-19-33(29)38-34/h1-24,36-37H/b22-21-,36-31?,37-32?. The highest BCUT2D eigenvalue weighted by Crippen LogP contribution is 2.55. The van der Waals surface area contributed by atoms with Crippen LogP contribution in [0.4, 0.5) is 0 Å². The zero-order chi connectivity index (χ0) is 26.0. The summed E-state index contributed by atoms with van der Waals surface area (Å²) in [5.74, 6) is 0. The van der Waals surface area contributed by atoms with Gasteiger partial charge < -0.3 is 10.8 Å². The highest BCUT2D eigenvalue weighted by molar-refractivity contribution is 7.99. The van der Waals surface area contributed by atoms with Gasteiger partial charge in [0, 0.05) is 9.79 Å². The van der Waals surface area contributed by atoms with E-state index in [1.165, 1.54) is 32.0 Å². The smallest absolute Gasteiger partial charge is 0.0723 e. The molecule has 0 saturated heterocycles. The topological polar surface area (TPSA) is 47.7 Å². The molecule has 38 heavy (non-hydrogen) atoms. The SMILES string of the molecule is N=C(/C=C\C(=N)c1ccc2c(c1)C(c1ccccc1)(c1ccccc1)c1ccccc1S2)c1ccccc1. The van der Waals surface area contributed by atoms with Crippen molar-refractivity contribution >= 4 is 23.2 Å². The summed E-state index contributed by atoms with van der Waals surface area (Å²) >= 11 is 1.79. The lowest BCUT2D eigenvalue weighted by Crippen LogP contribution is -2.34. The Hall–Kier alpha value is -4.47. The molecular weight excluding hydrogens is 480 g/mol. The summed E-state index contributed by atoms with van der Waals surface area (Å²) in [6, 6.07) is 46.0.